The number of benzene rings is 1. The summed E-state index contributed by atoms with van der Waals surface area (Å²) in [4.78, 5) is 11.5. The third-order valence-corrected chi connectivity index (χ3v) is 2.83. The van der Waals surface area contributed by atoms with Crippen molar-refractivity contribution < 1.29 is 9.53 Å². The summed E-state index contributed by atoms with van der Waals surface area (Å²) in [6, 6.07) is 7.64. The molecule has 0 aliphatic carbocycles. The number of rotatable bonds is 3. The Morgan fingerprint density at radius 2 is 2.12 bits per heavy atom. The summed E-state index contributed by atoms with van der Waals surface area (Å²) in [7, 11) is 0. The van der Waals surface area contributed by atoms with Gasteiger partial charge in [-0.2, -0.15) is 0 Å². The van der Waals surface area contributed by atoms with Crippen molar-refractivity contribution in [3.8, 4) is 0 Å². The number of hydrogen-bond acceptors (Lipinski definition) is 3. The summed E-state index contributed by atoms with van der Waals surface area (Å²) in [6.45, 7) is 4.17. The Balaban J connectivity index is 2.12. The summed E-state index contributed by atoms with van der Waals surface area (Å²) < 4.78 is 4.95. The fourth-order valence-corrected chi connectivity index (χ4v) is 1.92. The fraction of sp³-hybridized carbons (Fsp3) is 0.357. The lowest BCUT2D eigenvalue weighted by Gasteiger charge is -2.14. The van der Waals surface area contributed by atoms with E-state index in [9.17, 15) is 4.79 Å². The Morgan fingerprint density at radius 3 is 2.71 bits per heavy atom. The zero-order valence-corrected chi connectivity index (χ0v) is 10.0. The van der Waals surface area contributed by atoms with E-state index in [1.165, 1.54) is 11.1 Å². The summed E-state index contributed by atoms with van der Waals surface area (Å²) in [5.41, 5.74) is 3.16. The van der Waals surface area contributed by atoms with Crippen LogP contribution in [-0.4, -0.2) is 25.7 Å². The van der Waals surface area contributed by atoms with E-state index in [4.69, 9.17) is 4.74 Å². The molecular formula is C14H17NO2. The molecule has 0 radical (unpaired) electrons. The van der Waals surface area contributed by atoms with Gasteiger partial charge in [0.2, 0.25) is 0 Å². The Labute approximate surface area is 101 Å². The topological polar surface area (TPSA) is 38.3 Å². The van der Waals surface area contributed by atoms with E-state index in [0.717, 1.165) is 19.5 Å². The number of nitrogens with one attached hydrogen (secondary N) is 1. The molecule has 0 aromatic heterocycles. The SMILES string of the molecule is CCOC(=O)c1ccc(C2=CCNCC2)cc1. The quantitative estimate of drug-likeness (QED) is 0.811. The van der Waals surface area contributed by atoms with E-state index in [1.807, 2.05) is 31.2 Å². The van der Waals surface area contributed by atoms with E-state index >= 15 is 0 Å². The lowest BCUT2D eigenvalue weighted by atomic mass is 9.99. The van der Waals surface area contributed by atoms with Gasteiger partial charge < -0.3 is 10.1 Å². The Bertz CT molecular complexity index is 420. The third kappa shape index (κ3) is 2.94. The molecular weight excluding hydrogens is 214 g/mol. The second kappa shape index (κ2) is 5.64. The summed E-state index contributed by atoms with van der Waals surface area (Å²) in [6.07, 6.45) is 3.24. The lowest BCUT2D eigenvalue weighted by molar-refractivity contribution is 0.0526. The normalized spacial score (nSPS) is 15.2. The summed E-state index contributed by atoms with van der Waals surface area (Å²) >= 11 is 0. The van der Waals surface area contributed by atoms with Crippen LogP contribution in [0.2, 0.25) is 0 Å². The van der Waals surface area contributed by atoms with Crippen molar-refractivity contribution in [1.82, 2.24) is 5.32 Å². The second-order valence-electron chi connectivity index (χ2n) is 3.98. The van der Waals surface area contributed by atoms with Gasteiger partial charge in [0.15, 0.2) is 0 Å². The Morgan fingerprint density at radius 1 is 1.35 bits per heavy atom. The van der Waals surface area contributed by atoms with Gasteiger partial charge in [-0.25, -0.2) is 4.79 Å². The van der Waals surface area contributed by atoms with Gasteiger partial charge in [0.25, 0.3) is 0 Å². The molecule has 1 heterocycles. The predicted molar refractivity (Wildman–Crippen MR) is 67.9 cm³/mol. The molecule has 90 valence electrons. The summed E-state index contributed by atoms with van der Waals surface area (Å²) in [5, 5.41) is 3.28. The van der Waals surface area contributed by atoms with Crippen molar-refractivity contribution in [2.45, 2.75) is 13.3 Å². The monoisotopic (exact) mass is 231 g/mol. The number of carbonyl (C=O) groups excluding carboxylic acids is 1. The van der Waals surface area contributed by atoms with Gasteiger partial charge in [0.05, 0.1) is 12.2 Å². The Hall–Kier alpha value is -1.61. The Kier molecular flexibility index (Phi) is 3.94. The molecule has 0 amide bonds. The maximum atomic E-state index is 11.5. The van der Waals surface area contributed by atoms with Crippen LogP contribution >= 0.6 is 0 Å². The third-order valence-electron chi connectivity index (χ3n) is 2.83. The van der Waals surface area contributed by atoms with Crippen LogP contribution in [0.25, 0.3) is 5.57 Å². The minimum Gasteiger partial charge on any atom is -0.462 e. The highest BCUT2D eigenvalue weighted by molar-refractivity contribution is 5.89. The van der Waals surface area contributed by atoms with E-state index in [0.29, 0.717) is 12.2 Å². The van der Waals surface area contributed by atoms with Crippen LogP contribution < -0.4 is 5.32 Å². The van der Waals surface area contributed by atoms with Gasteiger partial charge in [-0.1, -0.05) is 18.2 Å². The molecule has 1 aliphatic heterocycles. The molecule has 1 aliphatic rings. The van der Waals surface area contributed by atoms with Gasteiger partial charge in [-0.05, 0) is 43.2 Å². The molecule has 0 unspecified atom stereocenters. The molecule has 0 spiro atoms. The van der Waals surface area contributed by atoms with E-state index < -0.39 is 0 Å². The standard InChI is InChI=1S/C14H17NO2/c1-2-17-14(16)13-5-3-11(4-6-13)12-7-9-15-10-8-12/h3-7,15H,2,8-10H2,1H3. The van der Waals surface area contributed by atoms with Gasteiger partial charge in [-0.15, -0.1) is 0 Å². The van der Waals surface area contributed by atoms with E-state index in [1.54, 1.807) is 0 Å². The highest BCUT2D eigenvalue weighted by Crippen LogP contribution is 2.20. The molecule has 1 aromatic carbocycles. The van der Waals surface area contributed by atoms with Crippen LogP contribution in [0.15, 0.2) is 30.3 Å². The largest absolute Gasteiger partial charge is 0.462 e. The van der Waals surface area contributed by atoms with Crippen LogP contribution in [0.5, 0.6) is 0 Å². The molecule has 0 saturated heterocycles. The first-order valence-corrected chi connectivity index (χ1v) is 5.98. The van der Waals surface area contributed by atoms with Crippen LogP contribution in [-0.2, 0) is 4.74 Å². The maximum absolute atomic E-state index is 11.5. The smallest absolute Gasteiger partial charge is 0.338 e. The molecule has 3 nitrogen and oxygen atoms in total. The highest BCUT2D eigenvalue weighted by atomic mass is 16.5. The van der Waals surface area contributed by atoms with Crippen molar-refractivity contribution in [3.63, 3.8) is 0 Å². The summed E-state index contributed by atoms with van der Waals surface area (Å²) in [5.74, 6) is -0.252. The first-order valence-electron chi connectivity index (χ1n) is 5.98. The maximum Gasteiger partial charge on any atom is 0.338 e. The molecule has 1 N–H and O–H groups in total. The zero-order chi connectivity index (χ0) is 12.1. The number of ether oxygens (including phenoxy) is 1. The first kappa shape index (κ1) is 11.9. The number of hydrogen-bond donors (Lipinski definition) is 1. The molecule has 17 heavy (non-hydrogen) atoms. The minimum absolute atomic E-state index is 0.252. The lowest BCUT2D eigenvalue weighted by Crippen LogP contribution is -2.20. The van der Waals surface area contributed by atoms with Crippen LogP contribution in [0.1, 0.15) is 29.3 Å². The molecule has 0 bridgehead atoms. The molecule has 0 atom stereocenters. The van der Waals surface area contributed by atoms with Crippen LogP contribution in [0.3, 0.4) is 0 Å². The van der Waals surface area contributed by atoms with E-state index in [-0.39, 0.29) is 5.97 Å². The number of carbonyl (C=O) groups is 1. The van der Waals surface area contributed by atoms with Crippen LogP contribution in [0, 0.1) is 0 Å². The highest BCUT2D eigenvalue weighted by Gasteiger charge is 2.08. The number of esters is 1. The van der Waals surface area contributed by atoms with Gasteiger partial charge >= 0.3 is 5.97 Å². The van der Waals surface area contributed by atoms with Crippen LogP contribution in [0.4, 0.5) is 0 Å². The second-order valence-corrected chi connectivity index (χ2v) is 3.98. The van der Waals surface area contributed by atoms with Gasteiger partial charge in [0, 0.05) is 6.54 Å². The molecule has 0 saturated carbocycles. The molecule has 3 heteroatoms. The first-order chi connectivity index (χ1) is 8.31. The van der Waals surface area contributed by atoms with Crippen molar-refractivity contribution in [1.29, 1.82) is 0 Å². The van der Waals surface area contributed by atoms with Gasteiger partial charge in [-0.3, -0.25) is 0 Å². The van der Waals surface area contributed by atoms with Crippen molar-refractivity contribution in [3.05, 3.63) is 41.5 Å². The minimum atomic E-state index is -0.252. The van der Waals surface area contributed by atoms with Crippen molar-refractivity contribution >= 4 is 11.5 Å². The van der Waals surface area contributed by atoms with Crippen molar-refractivity contribution in [2.75, 3.05) is 19.7 Å². The molecule has 1 aromatic rings. The van der Waals surface area contributed by atoms with Gasteiger partial charge in [0.1, 0.15) is 0 Å². The molecule has 2 rings (SSSR count). The fourth-order valence-electron chi connectivity index (χ4n) is 1.92. The molecule has 0 fully saturated rings. The average Bonchev–Trinajstić information content (AvgIpc) is 2.40. The zero-order valence-electron chi connectivity index (χ0n) is 10.0. The van der Waals surface area contributed by atoms with Crippen molar-refractivity contribution in [2.24, 2.45) is 0 Å². The predicted octanol–water partition coefficient (Wildman–Crippen LogP) is 2.24. The average molecular weight is 231 g/mol. The van der Waals surface area contributed by atoms with E-state index in [2.05, 4.69) is 11.4 Å².